The van der Waals surface area contributed by atoms with Crippen molar-refractivity contribution in [3.8, 4) is 0 Å². The van der Waals surface area contributed by atoms with Gasteiger partial charge >= 0.3 is 0 Å². The molecule has 1 aliphatic carbocycles. The van der Waals surface area contributed by atoms with Crippen LogP contribution in [0.25, 0.3) is 0 Å². The van der Waals surface area contributed by atoms with Crippen molar-refractivity contribution < 1.29 is 4.74 Å². The summed E-state index contributed by atoms with van der Waals surface area (Å²) in [5.41, 5.74) is 1.44. The van der Waals surface area contributed by atoms with E-state index in [-0.39, 0.29) is 0 Å². The molecule has 1 saturated carbocycles. The van der Waals surface area contributed by atoms with E-state index in [1.165, 1.54) is 18.4 Å². The van der Waals surface area contributed by atoms with Gasteiger partial charge in [0.25, 0.3) is 0 Å². The van der Waals surface area contributed by atoms with Crippen LogP contribution >= 0.6 is 15.9 Å². The highest BCUT2D eigenvalue weighted by Crippen LogP contribution is 2.41. The van der Waals surface area contributed by atoms with Crippen LogP contribution in [0.4, 0.5) is 0 Å². The number of benzene rings is 1. The summed E-state index contributed by atoms with van der Waals surface area (Å²) in [6.45, 7) is 0.932. The Morgan fingerprint density at radius 1 is 1.29 bits per heavy atom. The van der Waals surface area contributed by atoms with Gasteiger partial charge in [-0.3, -0.25) is 0 Å². The van der Waals surface area contributed by atoms with Crippen LogP contribution in [0.5, 0.6) is 0 Å². The summed E-state index contributed by atoms with van der Waals surface area (Å²) in [7, 11) is 1.79. The molecule has 2 atom stereocenters. The molecule has 0 saturated heterocycles. The molecular formula is C12H15BrO. The Morgan fingerprint density at radius 3 is 2.64 bits per heavy atom. The van der Waals surface area contributed by atoms with Crippen LogP contribution in [0.1, 0.15) is 12.0 Å². The summed E-state index contributed by atoms with van der Waals surface area (Å²) in [6.07, 6.45) is 2.55. The summed E-state index contributed by atoms with van der Waals surface area (Å²) < 4.78 is 6.30. The Balaban J connectivity index is 1.84. The molecule has 0 spiro atoms. The molecule has 14 heavy (non-hydrogen) atoms. The molecule has 76 valence electrons. The van der Waals surface area contributed by atoms with Crippen LogP contribution in [-0.4, -0.2) is 13.7 Å². The lowest BCUT2D eigenvalue weighted by molar-refractivity contribution is 0.181. The Kier molecular flexibility index (Phi) is 3.24. The molecule has 1 aromatic rings. The van der Waals surface area contributed by atoms with Crippen molar-refractivity contribution in [2.45, 2.75) is 12.8 Å². The minimum absolute atomic E-state index is 0.809. The van der Waals surface area contributed by atoms with E-state index >= 15 is 0 Å². The first-order valence-electron chi connectivity index (χ1n) is 5.03. The lowest BCUT2D eigenvalue weighted by Gasteiger charge is -2.00. The third kappa shape index (κ3) is 2.58. The second kappa shape index (κ2) is 4.45. The molecule has 1 nitrogen and oxygen atoms in total. The Bertz CT molecular complexity index is 294. The molecule has 1 aromatic carbocycles. The first kappa shape index (κ1) is 10.2. The molecule has 0 aromatic heterocycles. The summed E-state index contributed by atoms with van der Waals surface area (Å²) >= 11 is 3.44. The third-order valence-corrected chi connectivity index (χ3v) is 3.39. The van der Waals surface area contributed by atoms with Gasteiger partial charge in [0, 0.05) is 18.2 Å². The van der Waals surface area contributed by atoms with E-state index < -0.39 is 0 Å². The van der Waals surface area contributed by atoms with E-state index in [0.717, 1.165) is 22.9 Å². The molecule has 0 bridgehead atoms. The van der Waals surface area contributed by atoms with Gasteiger partial charge in [-0.15, -0.1) is 0 Å². The van der Waals surface area contributed by atoms with Crippen LogP contribution in [0, 0.1) is 11.8 Å². The largest absolute Gasteiger partial charge is 0.384 e. The summed E-state index contributed by atoms with van der Waals surface area (Å²) in [5.74, 6) is 1.67. The van der Waals surface area contributed by atoms with Gasteiger partial charge in [-0.2, -0.15) is 0 Å². The van der Waals surface area contributed by atoms with Crippen LogP contribution in [-0.2, 0) is 11.2 Å². The van der Waals surface area contributed by atoms with Gasteiger partial charge in [0.1, 0.15) is 0 Å². The molecule has 0 amide bonds. The average Bonchev–Trinajstić information content (AvgIpc) is 2.89. The predicted octanol–water partition coefficient (Wildman–Crippen LogP) is 3.27. The van der Waals surface area contributed by atoms with Crippen molar-refractivity contribution in [3.63, 3.8) is 0 Å². The van der Waals surface area contributed by atoms with Gasteiger partial charge < -0.3 is 4.74 Å². The maximum absolute atomic E-state index is 5.15. The minimum Gasteiger partial charge on any atom is -0.384 e. The standard InChI is InChI=1S/C12H15BrO/c1-14-8-11-7-10(11)6-9-2-4-12(13)5-3-9/h2-5,10-11H,6-8H2,1H3. The number of methoxy groups -OCH3 is 1. The number of hydrogen-bond donors (Lipinski definition) is 0. The zero-order chi connectivity index (χ0) is 9.97. The number of ether oxygens (including phenoxy) is 1. The molecule has 1 fully saturated rings. The molecule has 2 unspecified atom stereocenters. The predicted molar refractivity (Wildman–Crippen MR) is 61.3 cm³/mol. The molecule has 2 heteroatoms. The highest BCUT2D eigenvalue weighted by molar-refractivity contribution is 9.10. The van der Waals surface area contributed by atoms with Crippen LogP contribution in [0.2, 0.25) is 0 Å². The second-order valence-electron chi connectivity index (χ2n) is 4.04. The molecule has 0 N–H and O–H groups in total. The lowest BCUT2D eigenvalue weighted by atomic mass is 10.1. The van der Waals surface area contributed by atoms with E-state index in [1.54, 1.807) is 7.11 Å². The highest BCUT2D eigenvalue weighted by atomic mass is 79.9. The summed E-state index contributed by atoms with van der Waals surface area (Å²) in [5, 5.41) is 0. The average molecular weight is 255 g/mol. The van der Waals surface area contributed by atoms with Gasteiger partial charge in [0.2, 0.25) is 0 Å². The first-order chi connectivity index (χ1) is 6.79. The van der Waals surface area contributed by atoms with Crippen LogP contribution in [0.15, 0.2) is 28.7 Å². The van der Waals surface area contributed by atoms with Gasteiger partial charge in [-0.25, -0.2) is 0 Å². The highest BCUT2D eigenvalue weighted by Gasteiger charge is 2.36. The summed E-state index contributed by atoms with van der Waals surface area (Å²) in [4.78, 5) is 0. The van der Waals surface area contributed by atoms with Crippen molar-refractivity contribution in [3.05, 3.63) is 34.3 Å². The molecule has 0 heterocycles. The Hall–Kier alpha value is -0.340. The number of halogens is 1. The molecule has 0 radical (unpaired) electrons. The topological polar surface area (TPSA) is 9.23 Å². The smallest absolute Gasteiger partial charge is 0.0493 e. The van der Waals surface area contributed by atoms with Gasteiger partial charge in [0.05, 0.1) is 0 Å². The first-order valence-corrected chi connectivity index (χ1v) is 5.82. The molecule has 0 aliphatic heterocycles. The third-order valence-electron chi connectivity index (χ3n) is 2.86. The Morgan fingerprint density at radius 2 is 2.00 bits per heavy atom. The second-order valence-corrected chi connectivity index (χ2v) is 4.96. The van der Waals surface area contributed by atoms with Crippen LogP contribution < -0.4 is 0 Å². The number of rotatable bonds is 4. The van der Waals surface area contributed by atoms with E-state index in [1.807, 2.05) is 0 Å². The fraction of sp³-hybridized carbons (Fsp3) is 0.500. The zero-order valence-corrected chi connectivity index (χ0v) is 9.96. The van der Waals surface area contributed by atoms with E-state index in [9.17, 15) is 0 Å². The van der Waals surface area contributed by atoms with Crippen molar-refractivity contribution in [2.75, 3.05) is 13.7 Å². The van der Waals surface area contributed by atoms with E-state index in [2.05, 4.69) is 40.2 Å². The van der Waals surface area contributed by atoms with Crippen molar-refractivity contribution in [2.24, 2.45) is 11.8 Å². The van der Waals surface area contributed by atoms with E-state index in [4.69, 9.17) is 4.74 Å². The van der Waals surface area contributed by atoms with Gasteiger partial charge in [-0.05, 0) is 42.4 Å². The maximum Gasteiger partial charge on any atom is 0.0493 e. The van der Waals surface area contributed by atoms with Crippen molar-refractivity contribution >= 4 is 15.9 Å². The fourth-order valence-corrected chi connectivity index (χ4v) is 2.17. The fourth-order valence-electron chi connectivity index (χ4n) is 1.90. The van der Waals surface area contributed by atoms with Crippen molar-refractivity contribution in [1.29, 1.82) is 0 Å². The van der Waals surface area contributed by atoms with E-state index in [0.29, 0.717) is 0 Å². The lowest BCUT2D eigenvalue weighted by Crippen LogP contribution is -1.95. The van der Waals surface area contributed by atoms with Gasteiger partial charge in [0.15, 0.2) is 0 Å². The molecular weight excluding hydrogens is 240 g/mol. The van der Waals surface area contributed by atoms with Crippen molar-refractivity contribution in [1.82, 2.24) is 0 Å². The molecule has 1 aliphatic rings. The Labute approximate surface area is 93.6 Å². The van der Waals surface area contributed by atoms with Crippen LogP contribution in [0.3, 0.4) is 0 Å². The normalized spacial score (nSPS) is 25.0. The maximum atomic E-state index is 5.15. The number of hydrogen-bond acceptors (Lipinski definition) is 1. The quantitative estimate of drug-likeness (QED) is 0.802. The van der Waals surface area contributed by atoms with Gasteiger partial charge in [-0.1, -0.05) is 28.1 Å². The monoisotopic (exact) mass is 254 g/mol. The molecule has 2 rings (SSSR count). The zero-order valence-electron chi connectivity index (χ0n) is 8.37. The summed E-state index contributed by atoms with van der Waals surface area (Å²) in [6, 6.07) is 8.63. The minimum atomic E-state index is 0.809. The SMILES string of the molecule is COCC1CC1Cc1ccc(Br)cc1.